The Morgan fingerprint density at radius 2 is 1.92 bits per heavy atom. The van der Waals surface area contributed by atoms with E-state index in [1.165, 1.54) is 35.2 Å². The third-order valence-electron chi connectivity index (χ3n) is 7.62. The zero-order valence-corrected chi connectivity index (χ0v) is 24.7. The number of nitrogens with one attached hydrogen (secondary N) is 1. The Kier molecular flexibility index (Phi) is 8.90. The van der Waals surface area contributed by atoms with E-state index in [9.17, 15) is 9.18 Å². The number of benzene rings is 1. The van der Waals surface area contributed by atoms with Gasteiger partial charge in [-0.15, -0.1) is 0 Å². The second-order valence-corrected chi connectivity index (χ2v) is 16.5. The lowest BCUT2D eigenvalue weighted by atomic mass is 10.1. The van der Waals surface area contributed by atoms with Crippen LogP contribution in [0.4, 0.5) is 14.7 Å². The SMILES string of the molecule is CC(C)(C)[Si](C)(C)OC[C@H](c1ccc(Cl)c(F)c1)n1ccc(-c2ccnc(NC3CCOCC3)n2)c(F)c1=O. The molecule has 1 fully saturated rings. The molecular formula is C28H35ClF2N4O3Si. The molecule has 0 amide bonds. The summed E-state index contributed by atoms with van der Waals surface area (Å²) in [6.45, 7) is 11.9. The lowest BCUT2D eigenvalue weighted by Gasteiger charge is -2.37. The topological polar surface area (TPSA) is 78.3 Å². The molecule has 1 atom stereocenters. The molecule has 3 aromatic rings. The molecule has 1 aromatic carbocycles. The molecule has 0 aliphatic carbocycles. The first-order chi connectivity index (χ1) is 18.4. The minimum absolute atomic E-state index is 0.0365. The van der Waals surface area contributed by atoms with Crippen LogP contribution in [0.2, 0.25) is 23.2 Å². The van der Waals surface area contributed by atoms with Crippen molar-refractivity contribution < 1.29 is 17.9 Å². The summed E-state index contributed by atoms with van der Waals surface area (Å²) in [6.07, 6.45) is 4.67. The summed E-state index contributed by atoms with van der Waals surface area (Å²) in [4.78, 5) is 22.1. The molecule has 11 heteroatoms. The molecule has 210 valence electrons. The van der Waals surface area contributed by atoms with Gasteiger partial charge in [-0.05, 0) is 60.8 Å². The van der Waals surface area contributed by atoms with E-state index in [0.29, 0.717) is 24.7 Å². The Morgan fingerprint density at radius 3 is 2.59 bits per heavy atom. The first kappa shape index (κ1) is 29.3. The number of anilines is 1. The molecule has 1 aliphatic heterocycles. The summed E-state index contributed by atoms with van der Waals surface area (Å²) in [7, 11) is -2.24. The van der Waals surface area contributed by atoms with Crippen molar-refractivity contribution in [1.82, 2.24) is 14.5 Å². The normalized spacial score (nSPS) is 15.8. The van der Waals surface area contributed by atoms with Gasteiger partial charge in [-0.25, -0.2) is 18.7 Å². The van der Waals surface area contributed by atoms with Gasteiger partial charge in [-0.1, -0.05) is 38.4 Å². The zero-order valence-electron chi connectivity index (χ0n) is 22.9. The van der Waals surface area contributed by atoms with Gasteiger partial charge in [0.1, 0.15) is 5.82 Å². The fourth-order valence-corrected chi connectivity index (χ4v) is 5.26. The maximum absolute atomic E-state index is 15.7. The first-order valence-corrected chi connectivity index (χ1v) is 16.3. The van der Waals surface area contributed by atoms with Crippen LogP contribution in [-0.4, -0.2) is 48.7 Å². The minimum Gasteiger partial charge on any atom is -0.414 e. The van der Waals surface area contributed by atoms with Crippen LogP contribution in [0.3, 0.4) is 0 Å². The first-order valence-electron chi connectivity index (χ1n) is 13.0. The van der Waals surface area contributed by atoms with E-state index in [1.807, 2.05) is 0 Å². The fourth-order valence-electron chi connectivity index (χ4n) is 4.13. The third-order valence-corrected chi connectivity index (χ3v) is 12.4. The number of rotatable bonds is 8. The molecule has 0 radical (unpaired) electrons. The highest BCUT2D eigenvalue weighted by atomic mass is 35.5. The van der Waals surface area contributed by atoms with E-state index < -0.39 is 31.6 Å². The molecule has 1 aliphatic rings. The maximum Gasteiger partial charge on any atom is 0.287 e. The van der Waals surface area contributed by atoms with E-state index in [0.717, 1.165) is 12.8 Å². The average molecular weight is 577 g/mol. The Labute approximate surface area is 233 Å². The number of halogens is 3. The standard InChI is InChI=1S/C28H35ClF2N4O3Si/c1-28(2,3)39(4,5)38-17-24(18-6-7-21(29)22(30)16-18)35-13-9-20(25(31)26(35)36)23-8-12-32-27(34-23)33-19-10-14-37-15-11-19/h6-9,12-13,16,19,24H,10-11,14-15,17H2,1-5H3,(H,32,33,34)/t24-/m1/s1. The van der Waals surface area contributed by atoms with Crippen LogP contribution < -0.4 is 10.9 Å². The van der Waals surface area contributed by atoms with Crippen molar-refractivity contribution in [2.24, 2.45) is 0 Å². The lowest BCUT2D eigenvalue weighted by Crippen LogP contribution is -2.43. The molecule has 39 heavy (non-hydrogen) atoms. The Morgan fingerprint density at radius 1 is 1.21 bits per heavy atom. The summed E-state index contributed by atoms with van der Waals surface area (Å²) in [6, 6.07) is 6.77. The van der Waals surface area contributed by atoms with Crippen molar-refractivity contribution in [2.45, 2.75) is 63.8 Å². The number of hydrogen-bond acceptors (Lipinski definition) is 6. The van der Waals surface area contributed by atoms with Crippen LogP contribution in [0.1, 0.15) is 45.2 Å². The molecular weight excluding hydrogens is 542 g/mol. The number of ether oxygens (including phenoxy) is 1. The minimum atomic E-state index is -2.24. The molecule has 0 saturated carbocycles. The predicted molar refractivity (Wildman–Crippen MR) is 152 cm³/mol. The Hall–Kier alpha value is -2.66. The van der Waals surface area contributed by atoms with E-state index in [2.05, 4.69) is 49.1 Å². The second-order valence-electron chi connectivity index (χ2n) is 11.3. The van der Waals surface area contributed by atoms with Crippen LogP contribution >= 0.6 is 11.6 Å². The largest absolute Gasteiger partial charge is 0.414 e. The van der Waals surface area contributed by atoms with Gasteiger partial charge in [0, 0.05) is 37.2 Å². The van der Waals surface area contributed by atoms with Gasteiger partial charge in [0.05, 0.1) is 23.4 Å². The lowest BCUT2D eigenvalue weighted by molar-refractivity contribution is 0.0903. The summed E-state index contributed by atoms with van der Waals surface area (Å²) in [5.41, 5.74) is -0.0629. The number of pyridine rings is 1. The van der Waals surface area contributed by atoms with Crippen LogP contribution in [0.25, 0.3) is 11.3 Å². The highest BCUT2D eigenvalue weighted by Gasteiger charge is 2.38. The molecule has 4 rings (SSSR count). The van der Waals surface area contributed by atoms with Crippen molar-refractivity contribution in [3.8, 4) is 11.3 Å². The smallest absolute Gasteiger partial charge is 0.287 e. The van der Waals surface area contributed by atoms with Crippen molar-refractivity contribution in [1.29, 1.82) is 0 Å². The van der Waals surface area contributed by atoms with E-state index in [4.69, 9.17) is 20.8 Å². The molecule has 0 bridgehead atoms. The van der Waals surface area contributed by atoms with Gasteiger partial charge in [-0.3, -0.25) is 4.79 Å². The summed E-state index contributed by atoms with van der Waals surface area (Å²) in [5, 5.41) is 3.13. The molecule has 2 aromatic heterocycles. The Balaban J connectivity index is 1.68. The van der Waals surface area contributed by atoms with Crippen molar-refractivity contribution in [2.75, 3.05) is 25.1 Å². The average Bonchev–Trinajstić information content (AvgIpc) is 2.88. The van der Waals surface area contributed by atoms with Crippen LogP contribution in [0, 0.1) is 11.6 Å². The van der Waals surface area contributed by atoms with Crippen molar-refractivity contribution in [3.63, 3.8) is 0 Å². The highest BCUT2D eigenvalue weighted by Crippen LogP contribution is 2.37. The van der Waals surface area contributed by atoms with Gasteiger partial charge in [-0.2, -0.15) is 0 Å². The molecule has 0 unspecified atom stereocenters. The maximum atomic E-state index is 15.7. The number of aromatic nitrogens is 3. The van der Waals surface area contributed by atoms with Gasteiger partial charge in [0.25, 0.3) is 5.56 Å². The monoisotopic (exact) mass is 576 g/mol. The quantitative estimate of drug-likeness (QED) is 0.311. The number of hydrogen-bond donors (Lipinski definition) is 1. The van der Waals surface area contributed by atoms with Gasteiger partial charge >= 0.3 is 0 Å². The summed E-state index contributed by atoms with van der Waals surface area (Å²) in [5.74, 6) is -1.22. The highest BCUT2D eigenvalue weighted by molar-refractivity contribution is 6.74. The van der Waals surface area contributed by atoms with Crippen LogP contribution in [0.15, 0.2) is 47.5 Å². The molecule has 1 saturated heterocycles. The molecule has 7 nitrogen and oxygen atoms in total. The van der Waals surface area contributed by atoms with Gasteiger partial charge in [0.2, 0.25) is 5.95 Å². The van der Waals surface area contributed by atoms with E-state index >= 15 is 4.39 Å². The Bertz CT molecular complexity index is 1370. The predicted octanol–water partition coefficient (Wildman–Crippen LogP) is 6.44. The van der Waals surface area contributed by atoms with Crippen LogP contribution in [0.5, 0.6) is 0 Å². The molecule has 1 N–H and O–H groups in total. The molecule has 3 heterocycles. The van der Waals surface area contributed by atoms with Gasteiger partial charge in [0.15, 0.2) is 14.1 Å². The van der Waals surface area contributed by atoms with E-state index in [-0.39, 0.29) is 34.0 Å². The van der Waals surface area contributed by atoms with Crippen molar-refractivity contribution >= 4 is 25.9 Å². The van der Waals surface area contributed by atoms with Crippen LogP contribution in [-0.2, 0) is 9.16 Å². The fraction of sp³-hybridized carbons (Fsp3) is 0.464. The summed E-state index contributed by atoms with van der Waals surface area (Å²) < 4.78 is 43.1. The second kappa shape index (κ2) is 11.8. The third kappa shape index (κ3) is 6.74. The summed E-state index contributed by atoms with van der Waals surface area (Å²) >= 11 is 5.91. The van der Waals surface area contributed by atoms with Gasteiger partial charge < -0.3 is 19.0 Å². The number of nitrogens with zero attached hydrogens (tertiary/aromatic N) is 3. The van der Waals surface area contributed by atoms with Crippen molar-refractivity contribution in [3.05, 3.63) is 75.3 Å². The molecule has 0 spiro atoms. The zero-order chi connectivity index (χ0) is 28.4. The van der Waals surface area contributed by atoms with E-state index in [1.54, 1.807) is 12.1 Å².